The molecule has 354 valence electrons. The van der Waals surface area contributed by atoms with Crippen molar-refractivity contribution in [3.8, 4) is 17.6 Å². The number of benzene rings is 4. The number of rotatable bonds is 19. The fraction of sp³-hybridized carbons (Fsp3) is 0.404. The molecule has 0 unspecified atom stereocenters. The Balaban J connectivity index is 1.37. The van der Waals surface area contributed by atoms with E-state index in [0.29, 0.717) is 41.2 Å². The number of allylic oxidation sites excluding steroid dienone is 1. The number of aryl methyl sites for hydroxylation is 1. The number of fused-ring (bicyclic) bond motifs is 3. The van der Waals surface area contributed by atoms with Crippen LogP contribution in [-0.4, -0.2) is 69.0 Å². The first-order valence-corrected chi connectivity index (χ1v) is 24.1. The van der Waals surface area contributed by atoms with Gasteiger partial charge in [0.15, 0.2) is 0 Å². The first kappa shape index (κ1) is 48.1. The zero-order valence-corrected chi connectivity index (χ0v) is 39.8. The number of carbonyl (C=O) groups excluding carboxylic acids is 1. The molecule has 0 radical (unpaired) electrons. The van der Waals surface area contributed by atoms with Crippen molar-refractivity contribution >= 4 is 22.4 Å². The Morgan fingerprint density at radius 2 is 1.72 bits per heavy atom. The van der Waals surface area contributed by atoms with Crippen LogP contribution >= 0.6 is 0 Å². The molecule has 2 N–H and O–H groups in total. The molecule has 0 bridgehead atoms. The van der Waals surface area contributed by atoms with Crippen LogP contribution in [0.4, 0.5) is 0 Å². The SMILES string of the molecule is C=CCO[C@@]12Oc3ccc(OCc4cccc(C)n4)cc3[C@H]3[C@H](CCCCO)[C@@H](CCCCO)C=C(C(=NOC(C)(C)C)C[C@@H]1N(Cc1cccc4ccccc14)C(=O)c1ccc(C#N)cc1)[C@H]32. The molecule has 1 saturated carbocycles. The third-order valence-electron chi connectivity index (χ3n) is 13.5. The summed E-state index contributed by atoms with van der Waals surface area (Å²) in [5.74, 6) is -1.10. The van der Waals surface area contributed by atoms with Crippen LogP contribution in [0.25, 0.3) is 10.8 Å². The number of unbranched alkanes of at least 4 members (excludes halogenated alkanes) is 2. The highest BCUT2D eigenvalue weighted by atomic mass is 16.7. The van der Waals surface area contributed by atoms with Crippen LogP contribution in [0.5, 0.6) is 11.5 Å². The number of aromatic nitrogens is 1. The van der Waals surface area contributed by atoms with Crippen molar-refractivity contribution in [1.29, 1.82) is 5.26 Å². The molecule has 8 rings (SSSR count). The average Bonchev–Trinajstić information content (AvgIpc) is 3.34. The topological polar surface area (TPSA) is 147 Å². The lowest BCUT2D eigenvalue weighted by atomic mass is 9.55. The normalized spacial score (nSPS) is 22.3. The number of hydrogen-bond acceptors (Lipinski definition) is 10. The second-order valence-corrected chi connectivity index (χ2v) is 19.3. The number of aliphatic hydroxyl groups is 2. The van der Waals surface area contributed by atoms with Gasteiger partial charge in [-0.1, -0.05) is 78.7 Å². The second-order valence-electron chi connectivity index (χ2n) is 19.3. The van der Waals surface area contributed by atoms with Gasteiger partial charge in [-0.3, -0.25) is 9.78 Å². The molecular formula is C57H64N4O7. The molecule has 0 spiro atoms. The number of amides is 1. The van der Waals surface area contributed by atoms with Crippen molar-refractivity contribution in [2.75, 3.05) is 19.8 Å². The largest absolute Gasteiger partial charge is 0.487 e. The molecule has 11 heteroatoms. The van der Waals surface area contributed by atoms with E-state index in [4.69, 9.17) is 24.2 Å². The van der Waals surface area contributed by atoms with Crippen LogP contribution in [0.15, 0.2) is 133 Å². The third kappa shape index (κ3) is 10.4. The van der Waals surface area contributed by atoms with E-state index in [9.17, 15) is 15.5 Å². The molecule has 1 fully saturated rings. The predicted octanol–water partition coefficient (Wildman–Crippen LogP) is 10.8. The summed E-state index contributed by atoms with van der Waals surface area (Å²) in [5.41, 5.74) is 5.53. The van der Waals surface area contributed by atoms with Crippen molar-refractivity contribution < 1.29 is 34.1 Å². The fourth-order valence-corrected chi connectivity index (χ4v) is 10.6. The highest BCUT2D eigenvalue weighted by Crippen LogP contribution is 2.62. The lowest BCUT2D eigenvalue weighted by Gasteiger charge is -2.60. The third-order valence-corrected chi connectivity index (χ3v) is 13.5. The molecule has 1 aromatic heterocycles. The van der Waals surface area contributed by atoms with E-state index in [0.717, 1.165) is 64.5 Å². The van der Waals surface area contributed by atoms with Gasteiger partial charge >= 0.3 is 0 Å². The lowest BCUT2D eigenvalue weighted by molar-refractivity contribution is -0.255. The molecule has 1 amide bonds. The van der Waals surface area contributed by atoms with Crippen molar-refractivity contribution in [3.05, 3.63) is 161 Å². The molecule has 68 heavy (non-hydrogen) atoms. The fourth-order valence-electron chi connectivity index (χ4n) is 10.6. The zero-order chi connectivity index (χ0) is 47.8. The molecular weight excluding hydrogens is 853 g/mol. The van der Waals surface area contributed by atoms with Crippen LogP contribution in [-0.2, 0) is 22.7 Å². The van der Waals surface area contributed by atoms with Crippen LogP contribution < -0.4 is 9.47 Å². The van der Waals surface area contributed by atoms with Crippen molar-refractivity contribution in [3.63, 3.8) is 0 Å². The molecule has 5 aromatic rings. The van der Waals surface area contributed by atoms with Gasteiger partial charge in [0.25, 0.3) is 5.91 Å². The van der Waals surface area contributed by atoms with E-state index in [2.05, 4.69) is 54.0 Å². The Labute approximate surface area is 400 Å². The molecule has 1 aliphatic heterocycles. The van der Waals surface area contributed by atoms with Gasteiger partial charge in [0.2, 0.25) is 5.79 Å². The minimum absolute atomic E-state index is 0.0290. The van der Waals surface area contributed by atoms with Gasteiger partial charge in [-0.2, -0.15) is 5.26 Å². The van der Waals surface area contributed by atoms with E-state index in [1.54, 1.807) is 30.3 Å². The van der Waals surface area contributed by atoms with Crippen LogP contribution in [0.2, 0.25) is 0 Å². The molecule has 0 saturated heterocycles. The highest BCUT2D eigenvalue weighted by Gasteiger charge is 2.65. The maximum atomic E-state index is 15.6. The van der Waals surface area contributed by atoms with Crippen molar-refractivity contribution in [1.82, 2.24) is 9.88 Å². The monoisotopic (exact) mass is 916 g/mol. The number of pyridine rings is 1. The average molecular weight is 917 g/mol. The van der Waals surface area contributed by atoms with E-state index in [-0.39, 0.29) is 63.1 Å². The summed E-state index contributed by atoms with van der Waals surface area (Å²) in [6.07, 6.45) is 8.85. The Bertz CT molecular complexity index is 2680. The van der Waals surface area contributed by atoms with E-state index >= 15 is 4.79 Å². The maximum absolute atomic E-state index is 15.6. The highest BCUT2D eigenvalue weighted by molar-refractivity contribution is 6.03. The van der Waals surface area contributed by atoms with Gasteiger partial charge in [0.05, 0.1) is 35.6 Å². The van der Waals surface area contributed by atoms with Gasteiger partial charge in [-0.15, -0.1) is 6.58 Å². The summed E-state index contributed by atoms with van der Waals surface area (Å²) < 4.78 is 21.4. The number of nitriles is 1. The van der Waals surface area contributed by atoms with E-state index in [1.165, 1.54) is 0 Å². The Kier molecular flexibility index (Phi) is 15.1. The van der Waals surface area contributed by atoms with Crippen molar-refractivity contribution in [2.24, 2.45) is 22.9 Å². The molecule has 2 aliphatic carbocycles. The lowest BCUT2D eigenvalue weighted by Crippen LogP contribution is -2.70. The number of aliphatic hydroxyl groups excluding tert-OH is 2. The predicted molar refractivity (Wildman–Crippen MR) is 264 cm³/mol. The molecule has 6 atom stereocenters. The van der Waals surface area contributed by atoms with Crippen LogP contribution in [0.1, 0.15) is 110 Å². The first-order valence-electron chi connectivity index (χ1n) is 24.1. The van der Waals surface area contributed by atoms with Gasteiger partial charge < -0.3 is 34.2 Å². The number of carbonyl (C=O) groups is 1. The summed E-state index contributed by atoms with van der Waals surface area (Å²) in [6.45, 7) is 12.8. The second kappa shape index (κ2) is 21.3. The number of nitrogens with zero attached hydrogens (tertiary/aromatic N) is 4. The van der Waals surface area contributed by atoms with Crippen LogP contribution in [0.3, 0.4) is 0 Å². The molecule has 2 heterocycles. The molecule has 3 aliphatic rings. The quantitative estimate of drug-likeness (QED) is 0.0469. The summed E-state index contributed by atoms with van der Waals surface area (Å²) >= 11 is 0. The minimum atomic E-state index is -1.48. The summed E-state index contributed by atoms with van der Waals surface area (Å²) in [7, 11) is 0. The van der Waals surface area contributed by atoms with Gasteiger partial charge in [-0.25, -0.2) is 0 Å². The maximum Gasteiger partial charge on any atom is 0.254 e. The van der Waals surface area contributed by atoms with Gasteiger partial charge in [0, 0.05) is 48.9 Å². The Hall–Kier alpha value is -6.32. The molecule has 4 aromatic carbocycles. The Morgan fingerprint density at radius 3 is 2.46 bits per heavy atom. The van der Waals surface area contributed by atoms with Crippen molar-refractivity contribution in [2.45, 2.75) is 109 Å². The van der Waals surface area contributed by atoms with Gasteiger partial charge in [0.1, 0.15) is 29.7 Å². The zero-order valence-electron chi connectivity index (χ0n) is 39.8. The number of ether oxygens (including phenoxy) is 3. The van der Waals surface area contributed by atoms with E-state index in [1.807, 2.05) is 81.1 Å². The first-order chi connectivity index (χ1) is 33.0. The Morgan fingerprint density at radius 1 is 0.971 bits per heavy atom. The number of hydrogen-bond donors (Lipinski definition) is 2. The summed E-state index contributed by atoms with van der Waals surface area (Å²) in [6, 6.07) is 34.4. The summed E-state index contributed by atoms with van der Waals surface area (Å²) in [5, 5.41) is 37.0. The van der Waals surface area contributed by atoms with E-state index < -0.39 is 23.3 Å². The smallest absolute Gasteiger partial charge is 0.254 e. The minimum Gasteiger partial charge on any atom is -0.487 e. The van der Waals surface area contributed by atoms with Gasteiger partial charge in [-0.05, 0) is 142 Å². The number of oxime groups is 1. The summed E-state index contributed by atoms with van der Waals surface area (Å²) in [4.78, 5) is 28.6. The van der Waals surface area contributed by atoms with Crippen LogP contribution in [0, 0.1) is 36.0 Å². The molecule has 11 nitrogen and oxygen atoms in total. The standard InChI is InChI=1S/C57H64N4O7/c1-6-31-66-57-52(61(55(64)41-25-23-39(35-58)24-26-41)36-43-19-14-18-40-16-7-8-21-46(40)43)34-50(60-68-56(3,4)5)48-32-42(17-9-11-29-62)47(22-10-12-30-63)53(54(48)57)49-33-45(27-28-51(49)67-57)65-37-44-20-13-15-38(2)59-44/h6-8,13-16,18-21,23-28,32-33,42,47,52-54,62-63H,1,9-12,17,22,29-31,34,36-37H2,2-5H3/t42-,47+,52-,53+,54+,57+/m0/s1.